The third-order valence-corrected chi connectivity index (χ3v) is 2.19. The summed E-state index contributed by atoms with van der Waals surface area (Å²) in [6, 6.07) is 0. The number of aliphatic carboxylic acids is 1. The van der Waals surface area contributed by atoms with Crippen LogP contribution in [-0.2, 0) is 9.53 Å². The Morgan fingerprint density at radius 2 is 2.06 bits per heavy atom. The number of carboxylic acids is 1. The van der Waals surface area contributed by atoms with E-state index < -0.39 is 22.9 Å². The van der Waals surface area contributed by atoms with Gasteiger partial charge < -0.3 is 15.2 Å². The van der Waals surface area contributed by atoms with Gasteiger partial charge in [0.05, 0.1) is 6.54 Å². The lowest BCUT2D eigenvalue weighted by Crippen LogP contribution is -2.32. The van der Waals surface area contributed by atoms with Crippen LogP contribution in [0.2, 0.25) is 0 Å². The highest BCUT2D eigenvalue weighted by Crippen LogP contribution is 2.07. The number of ether oxygens (including phenoxy) is 1. The Kier molecular flexibility index (Phi) is 6.51. The summed E-state index contributed by atoms with van der Waals surface area (Å²) in [7, 11) is 0. The van der Waals surface area contributed by atoms with Gasteiger partial charge in [-0.1, -0.05) is 17.7 Å². The molecule has 0 heterocycles. The molecular weight excluding hydrogens is 242 g/mol. The molecule has 0 aromatic rings. The van der Waals surface area contributed by atoms with E-state index in [1.54, 1.807) is 27.7 Å². The predicted octanol–water partition coefficient (Wildman–Crippen LogP) is 1.68. The van der Waals surface area contributed by atoms with E-state index in [0.29, 0.717) is 0 Å². The third-order valence-electron chi connectivity index (χ3n) is 1.38. The highest BCUT2D eigenvalue weighted by molar-refractivity contribution is 8.05. The molecule has 96 valence electrons. The normalized spacial score (nSPS) is 12.0. The first-order chi connectivity index (χ1) is 7.72. The average molecular weight is 259 g/mol. The predicted molar refractivity (Wildman–Crippen MR) is 66.7 cm³/mol. The number of thioether (sulfide) groups is 1. The zero-order chi connectivity index (χ0) is 13.5. The molecule has 1 amide bonds. The van der Waals surface area contributed by atoms with Gasteiger partial charge >= 0.3 is 12.1 Å². The van der Waals surface area contributed by atoms with Crippen molar-refractivity contribution >= 4 is 23.8 Å². The molecule has 0 spiro atoms. The minimum absolute atomic E-state index is 0.133. The van der Waals surface area contributed by atoms with Crippen molar-refractivity contribution in [2.24, 2.45) is 0 Å². The maximum atomic E-state index is 11.2. The van der Waals surface area contributed by atoms with Crippen LogP contribution in [-0.4, -0.2) is 34.6 Å². The Morgan fingerprint density at radius 3 is 2.53 bits per heavy atom. The summed E-state index contributed by atoms with van der Waals surface area (Å²) < 4.78 is 4.98. The molecule has 0 aromatic carbocycles. The minimum Gasteiger partial charge on any atom is -0.480 e. The smallest absolute Gasteiger partial charge is 0.408 e. The van der Waals surface area contributed by atoms with Gasteiger partial charge in [-0.25, -0.2) is 4.79 Å². The second-order valence-electron chi connectivity index (χ2n) is 4.23. The molecular formula is C11H17NO4S. The molecule has 0 saturated carbocycles. The van der Waals surface area contributed by atoms with E-state index >= 15 is 0 Å². The van der Waals surface area contributed by atoms with Crippen molar-refractivity contribution in [2.45, 2.75) is 38.5 Å². The van der Waals surface area contributed by atoms with E-state index in [4.69, 9.17) is 9.84 Å². The lowest BCUT2D eigenvalue weighted by atomic mass is 10.2. The first kappa shape index (κ1) is 15.7. The summed E-state index contributed by atoms with van der Waals surface area (Å²) in [5.41, 5.74) is -0.538. The van der Waals surface area contributed by atoms with Crippen molar-refractivity contribution in [1.29, 1.82) is 0 Å². The van der Waals surface area contributed by atoms with Crippen LogP contribution in [0.1, 0.15) is 27.7 Å². The van der Waals surface area contributed by atoms with Crippen LogP contribution in [0, 0.1) is 11.2 Å². The molecule has 1 unspecified atom stereocenters. The van der Waals surface area contributed by atoms with Gasteiger partial charge in [0, 0.05) is 0 Å². The molecule has 0 aromatic heterocycles. The molecule has 5 nitrogen and oxygen atoms in total. The van der Waals surface area contributed by atoms with Crippen LogP contribution < -0.4 is 5.32 Å². The summed E-state index contributed by atoms with van der Waals surface area (Å²) in [6.07, 6.45) is -0.539. The minimum atomic E-state index is -0.913. The van der Waals surface area contributed by atoms with Gasteiger partial charge in [-0.2, -0.15) is 0 Å². The Hall–Kier alpha value is -1.35. The first-order valence-corrected chi connectivity index (χ1v) is 5.93. The van der Waals surface area contributed by atoms with E-state index in [1.165, 1.54) is 0 Å². The van der Waals surface area contributed by atoms with E-state index in [2.05, 4.69) is 16.5 Å². The van der Waals surface area contributed by atoms with Crippen LogP contribution in [0.4, 0.5) is 4.79 Å². The molecule has 0 aliphatic rings. The number of hydrogen-bond donors (Lipinski definition) is 2. The summed E-state index contributed by atoms with van der Waals surface area (Å²) >= 11 is 0.997. The van der Waals surface area contributed by atoms with Crippen LogP contribution in [0.25, 0.3) is 0 Å². The van der Waals surface area contributed by atoms with Crippen molar-refractivity contribution in [1.82, 2.24) is 5.32 Å². The molecule has 0 fully saturated rings. The maximum absolute atomic E-state index is 11.2. The van der Waals surface area contributed by atoms with Gasteiger partial charge in [0.2, 0.25) is 0 Å². The van der Waals surface area contributed by atoms with Crippen molar-refractivity contribution in [2.75, 3.05) is 6.54 Å². The Bertz CT molecular complexity index is 338. The van der Waals surface area contributed by atoms with Crippen LogP contribution in [0.15, 0.2) is 0 Å². The van der Waals surface area contributed by atoms with Gasteiger partial charge in [-0.15, -0.1) is 0 Å². The van der Waals surface area contributed by atoms with Gasteiger partial charge in [0.1, 0.15) is 10.9 Å². The van der Waals surface area contributed by atoms with Crippen LogP contribution in [0.3, 0.4) is 0 Å². The SMILES string of the molecule is CC(SC#CCNC(=O)OC(C)(C)C)C(=O)O. The average Bonchev–Trinajstić information content (AvgIpc) is 2.13. The number of amides is 1. The molecule has 0 radical (unpaired) electrons. The number of hydrogen-bond acceptors (Lipinski definition) is 4. The van der Waals surface area contributed by atoms with E-state index in [-0.39, 0.29) is 6.54 Å². The summed E-state index contributed by atoms with van der Waals surface area (Å²) in [5, 5.41) is 13.0. The maximum Gasteiger partial charge on any atom is 0.408 e. The topological polar surface area (TPSA) is 75.6 Å². The van der Waals surface area contributed by atoms with Crippen LogP contribution in [0.5, 0.6) is 0 Å². The Morgan fingerprint density at radius 1 is 1.47 bits per heavy atom. The number of carbonyl (C=O) groups is 2. The largest absolute Gasteiger partial charge is 0.480 e. The fraction of sp³-hybridized carbons (Fsp3) is 0.636. The Balaban J connectivity index is 3.81. The lowest BCUT2D eigenvalue weighted by Gasteiger charge is -2.18. The fourth-order valence-corrected chi connectivity index (χ4v) is 1.08. The van der Waals surface area contributed by atoms with Gasteiger partial charge in [-0.05, 0) is 32.9 Å². The number of alkyl carbamates (subject to hydrolysis) is 1. The molecule has 0 aliphatic heterocycles. The second kappa shape index (κ2) is 7.07. The molecule has 17 heavy (non-hydrogen) atoms. The molecule has 0 bridgehead atoms. The van der Waals surface area contributed by atoms with Crippen molar-refractivity contribution in [3.63, 3.8) is 0 Å². The summed E-state index contributed by atoms with van der Waals surface area (Å²) in [6.45, 7) is 6.98. The van der Waals surface area contributed by atoms with Gasteiger partial charge in [0.15, 0.2) is 0 Å². The first-order valence-electron chi connectivity index (χ1n) is 5.05. The number of nitrogens with one attached hydrogen (secondary N) is 1. The number of carboxylic acid groups (broad SMARTS) is 1. The monoisotopic (exact) mass is 259 g/mol. The number of rotatable bonds is 3. The molecule has 6 heteroatoms. The molecule has 2 N–H and O–H groups in total. The number of carbonyl (C=O) groups excluding carboxylic acids is 1. The lowest BCUT2D eigenvalue weighted by molar-refractivity contribution is -0.136. The quantitative estimate of drug-likeness (QED) is 0.754. The third kappa shape index (κ3) is 9.57. The standard InChI is InChI=1S/C11H17NO4S/c1-8(9(13)14)17-7-5-6-12-10(15)16-11(2,3)4/h8H,6H2,1-4H3,(H,12,15)(H,13,14). The van der Waals surface area contributed by atoms with Crippen molar-refractivity contribution in [3.05, 3.63) is 0 Å². The van der Waals surface area contributed by atoms with E-state index in [9.17, 15) is 9.59 Å². The zero-order valence-electron chi connectivity index (χ0n) is 10.4. The highest BCUT2D eigenvalue weighted by atomic mass is 32.2. The molecule has 0 aliphatic carbocycles. The fourth-order valence-electron chi connectivity index (χ4n) is 0.647. The second-order valence-corrected chi connectivity index (χ2v) is 5.38. The van der Waals surface area contributed by atoms with E-state index in [0.717, 1.165) is 11.8 Å². The Labute approximate surface area is 105 Å². The summed E-state index contributed by atoms with van der Waals surface area (Å²) in [4.78, 5) is 21.6. The van der Waals surface area contributed by atoms with E-state index in [1.807, 2.05) is 0 Å². The molecule has 1 atom stereocenters. The van der Waals surface area contributed by atoms with Crippen LogP contribution >= 0.6 is 11.8 Å². The highest BCUT2D eigenvalue weighted by Gasteiger charge is 2.15. The molecule has 0 saturated heterocycles. The summed E-state index contributed by atoms with van der Waals surface area (Å²) in [5.74, 6) is 1.71. The van der Waals surface area contributed by atoms with Gasteiger partial charge in [-0.3, -0.25) is 4.79 Å². The van der Waals surface area contributed by atoms with Gasteiger partial charge in [0.25, 0.3) is 0 Å². The zero-order valence-corrected chi connectivity index (χ0v) is 11.2. The van der Waals surface area contributed by atoms with Crippen molar-refractivity contribution in [3.8, 4) is 11.2 Å². The molecule has 0 rings (SSSR count). The van der Waals surface area contributed by atoms with Crippen molar-refractivity contribution < 1.29 is 19.4 Å².